The van der Waals surface area contributed by atoms with Crippen LogP contribution in [0.4, 0.5) is 0 Å². The molecule has 0 aromatic heterocycles. The van der Waals surface area contributed by atoms with Gasteiger partial charge >= 0.3 is 5.97 Å². The maximum atomic E-state index is 10.4. The Hall–Kier alpha value is -1.16. The van der Waals surface area contributed by atoms with Crippen molar-refractivity contribution in [2.75, 3.05) is 6.61 Å². The van der Waals surface area contributed by atoms with E-state index in [9.17, 15) is 4.79 Å². The van der Waals surface area contributed by atoms with Gasteiger partial charge in [-0.3, -0.25) is 4.79 Å². The van der Waals surface area contributed by atoms with E-state index in [-0.39, 0.29) is 13.5 Å². The molecule has 25 heavy (non-hydrogen) atoms. The number of unbranched alkanes of at least 4 members (excludes halogenated alkanes) is 6. The number of rotatable bonds is 14. The Bertz CT molecular complexity index is 462. The minimum Gasteiger partial charge on any atom is -0.494 e. The lowest BCUT2D eigenvalue weighted by Gasteiger charge is -2.11. The summed E-state index contributed by atoms with van der Waals surface area (Å²) in [5, 5.41) is 8.57. The lowest BCUT2D eigenvalue weighted by molar-refractivity contribution is -0.137. The normalized spacial score (nSPS) is 11.6. The van der Waals surface area contributed by atoms with E-state index in [0.29, 0.717) is 6.42 Å². The maximum Gasteiger partial charge on any atom is 0.303 e. The summed E-state index contributed by atoms with van der Waals surface area (Å²) in [6.45, 7) is 5.30. The van der Waals surface area contributed by atoms with Crippen LogP contribution in [-0.2, 0) is 11.2 Å². The second-order valence-electron chi connectivity index (χ2n) is 6.83. The van der Waals surface area contributed by atoms with Crippen LogP contribution in [0.25, 0.3) is 0 Å². The van der Waals surface area contributed by atoms with Crippen LogP contribution in [0.1, 0.15) is 77.2 Å². The van der Waals surface area contributed by atoms with E-state index in [2.05, 4.69) is 32.0 Å². The van der Waals surface area contributed by atoms with E-state index in [1.165, 1.54) is 31.2 Å². The summed E-state index contributed by atoms with van der Waals surface area (Å²) in [4.78, 5) is 10.4. The molecule has 0 saturated heterocycles. The fourth-order valence-electron chi connectivity index (χ4n) is 2.76. The van der Waals surface area contributed by atoms with Gasteiger partial charge in [-0.15, -0.1) is 0 Å². The van der Waals surface area contributed by atoms with E-state index in [4.69, 9.17) is 9.84 Å². The quantitative estimate of drug-likeness (QED) is 0.411. The standard InChI is InChI=1S/C21H34O3.H2S/c1-3-18(2)16-19-12-11-13-20(17-19)24-15-10-8-6-4-5-7-9-14-21(22)23;/h11-13,17-18H,3-10,14-16H2,1-2H3,(H,22,23);1H2/t18-;/m0./s1. The van der Waals surface area contributed by atoms with Crippen LogP contribution in [0.5, 0.6) is 5.75 Å². The Kier molecular flexibility index (Phi) is 14.4. The third-order valence-electron chi connectivity index (χ3n) is 4.48. The van der Waals surface area contributed by atoms with Crippen LogP contribution >= 0.6 is 13.5 Å². The van der Waals surface area contributed by atoms with Crippen molar-refractivity contribution in [1.82, 2.24) is 0 Å². The summed E-state index contributed by atoms with van der Waals surface area (Å²) in [6.07, 6.45) is 10.3. The third-order valence-corrected chi connectivity index (χ3v) is 4.48. The van der Waals surface area contributed by atoms with E-state index in [1.54, 1.807) is 0 Å². The molecule has 0 unspecified atom stereocenters. The van der Waals surface area contributed by atoms with Crippen LogP contribution in [0.2, 0.25) is 0 Å². The van der Waals surface area contributed by atoms with E-state index in [0.717, 1.165) is 50.4 Å². The SMILES string of the molecule is CC[C@H](C)Cc1cccc(OCCCCCCCCCC(=O)O)c1.S. The Morgan fingerprint density at radius 1 is 1.08 bits per heavy atom. The minimum absolute atomic E-state index is 0. The molecule has 144 valence electrons. The summed E-state index contributed by atoms with van der Waals surface area (Å²) in [7, 11) is 0. The van der Waals surface area contributed by atoms with Gasteiger partial charge < -0.3 is 9.84 Å². The first-order chi connectivity index (χ1) is 11.6. The van der Waals surface area contributed by atoms with Crippen LogP contribution in [0.15, 0.2) is 24.3 Å². The van der Waals surface area contributed by atoms with Gasteiger partial charge in [-0.2, -0.15) is 13.5 Å². The molecule has 4 heteroatoms. The Morgan fingerprint density at radius 2 is 1.72 bits per heavy atom. The molecule has 1 aromatic carbocycles. The van der Waals surface area contributed by atoms with Crippen molar-refractivity contribution in [2.24, 2.45) is 5.92 Å². The first-order valence-electron chi connectivity index (χ1n) is 9.55. The molecule has 0 bridgehead atoms. The highest BCUT2D eigenvalue weighted by Gasteiger charge is 2.03. The lowest BCUT2D eigenvalue weighted by Crippen LogP contribution is -2.00. The predicted molar refractivity (Wildman–Crippen MR) is 110 cm³/mol. The van der Waals surface area contributed by atoms with Gasteiger partial charge in [-0.05, 0) is 42.9 Å². The summed E-state index contributed by atoms with van der Waals surface area (Å²) in [6, 6.07) is 8.49. The van der Waals surface area contributed by atoms with Crippen LogP contribution in [0, 0.1) is 5.92 Å². The van der Waals surface area contributed by atoms with Gasteiger partial charge in [0.25, 0.3) is 0 Å². The van der Waals surface area contributed by atoms with Crippen molar-refractivity contribution >= 4 is 19.5 Å². The van der Waals surface area contributed by atoms with Crippen molar-refractivity contribution in [3.05, 3.63) is 29.8 Å². The van der Waals surface area contributed by atoms with Crippen LogP contribution in [0.3, 0.4) is 0 Å². The Labute approximate surface area is 160 Å². The molecule has 0 spiro atoms. The molecule has 0 fully saturated rings. The number of hydrogen-bond acceptors (Lipinski definition) is 2. The zero-order valence-electron chi connectivity index (χ0n) is 15.9. The van der Waals surface area contributed by atoms with Crippen molar-refractivity contribution in [1.29, 1.82) is 0 Å². The topological polar surface area (TPSA) is 46.5 Å². The second kappa shape index (κ2) is 15.1. The highest BCUT2D eigenvalue weighted by molar-refractivity contribution is 7.59. The molecule has 0 aliphatic rings. The molecular formula is C21H36O3S. The van der Waals surface area contributed by atoms with Gasteiger partial charge in [0.1, 0.15) is 5.75 Å². The van der Waals surface area contributed by atoms with Crippen LogP contribution < -0.4 is 4.74 Å². The molecule has 0 radical (unpaired) electrons. The molecule has 1 rings (SSSR count). The highest BCUT2D eigenvalue weighted by Crippen LogP contribution is 2.18. The summed E-state index contributed by atoms with van der Waals surface area (Å²) >= 11 is 0. The number of ether oxygens (including phenoxy) is 1. The fourth-order valence-corrected chi connectivity index (χ4v) is 2.76. The summed E-state index contributed by atoms with van der Waals surface area (Å²) in [5.41, 5.74) is 1.36. The number of benzene rings is 1. The largest absolute Gasteiger partial charge is 0.494 e. The summed E-state index contributed by atoms with van der Waals surface area (Å²) < 4.78 is 5.87. The lowest BCUT2D eigenvalue weighted by atomic mass is 9.99. The van der Waals surface area contributed by atoms with Crippen molar-refractivity contribution in [3.63, 3.8) is 0 Å². The zero-order chi connectivity index (χ0) is 17.6. The molecule has 0 aliphatic carbocycles. The average molecular weight is 369 g/mol. The van der Waals surface area contributed by atoms with Gasteiger partial charge in [-0.1, -0.05) is 64.5 Å². The monoisotopic (exact) mass is 368 g/mol. The van der Waals surface area contributed by atoms with E-state index >= 15 is 0 Å². The molecule has 0 aliphatic heterocycles. The molecule has 0 heterocycles. The molecule has 0 saturated carbocycles. The van der Waals surface area contributed by atoms with Gasteiger partial charge in [0.05, 0.1) is 6.61 Å². The number of carboxylic acids is 1. The number of aliphatic carboxylic acids is 1. The predicted octanol–water partition coefficient (Wildman–Crippen LogP) is 5.97. The van der Waals surface area contributed by atoms with Crippen molar-refractivity contribution < 1.29 is 14.6 Å². The van der Waals surface area contributed by atoms with Crippen LogP contribution in [-0.4, -0.2) is 17.7 Å². The van der Waals surface area contributed by atoms with Crippen molar-refractivity contribution in [2.45, 2.75) is 78.1 Å². The summed E-state index contributed by atoms with van der Waals surface area (Å²) in [5.74, 6) is 1.03. The van der Waals surface area contributed by atoms with Gasteiger partial charge in [0.15, 0.2) is 0 Å². The van der Waals surface area contributed by atoms with E-state index < -0.39 is 5.97 Å². The van der Waals surface area contributed by atoms with E-state index in [1.807, 2.05) is 6.07 Å². The molecule has 1 N–H and O–H groups in total. The van der Waals surface area contributed by atoms with Gasteiger partial charge in [0.2, 0.25) is 0 Å². The highest BCUT2D eigenvalue weighted by atomic mass is 32.1. The van der Waals surface area contributed by atoms with Crippen molar-refractivity contribution in [3.8, 4) is 5.75 Å². The number of carboxylic acid groups (broad SMARTS) is 1. The first kappa shape index (κ1) is 23.8. The molecule has 0 amide bonds. The fraction of sp³-hybridized carbons (Fsp3) is 0.667. The second-order valence-corrected chi connectivity index (χ2v) is 6.83. The first-order valence-corrected chi connectivity index (χ1v) is 9.55. The smallest absolute Gasteiger partial charge is 0.303 e. The maximum absolute atomic E-state index is 10.4. The minimum atomic E-state index is -0.680. The zero-order valence-corrected chi connectivity index (χ0v) is 16.9. The molecule has 1 atom stereocenters. The number of hydrogen-bond donors (Lipinski definition) is 1. The van der Waals surface area contributed by atoms with Gasteiger partial charge in [0, 0.05) is 6.42 Å². The average Bonchev–Trinajstić information content (AvgIpc) is 2.56. The molecule has 3 nitrogen and oxygen atoms in total. The van der Waals surface area contributed by atoms with Gasteiger partial charge in [-0.25, -0.2) is 0 Å². The Morgan fingerprint density at radius 3 is 2.36 bits per heavy atom. The Balaban J connectivity index is 0.00000576. The number of carbonyl (C=O) groups is 1. The molecular weight excluding hydrogens is 332 g/mol. The molecule has 1 aromatic rings. The third kappa shape index (κ3) is 12.8.